The van der Waals surface area contributed by atoms with Gasteiger partial charge >= 0.3 is 0 Å². The molecular weight excluding hydrogens is 751 g/mol. The summed E-state index contributed by atoms with van der Waals surface area (Å²) in [6.07, 6.45) is 2.15. The van der Waals surface area contributed by atoms with Crippen LogP contribution in [0.3, 0.4) is 0 Å². The van der Waals surface area contributed by atoms with Crippen molar-refractivity contribution in [1.82, 2.24) is 19.5 Å². The van der Waals surface area contributed by atoms with Crippen LogP contribution < -0.4 is 20.3 Å². The van der Waals surface area contributed by atoms with E-state index in [1.807, 2.05) is 126 Å². The molecule has 1 atom stereocenters. The van der Waals surface area contributed by atoms with Gasteiger partial charge in [0.1, 0.15) is 22.6 Å². The number of H-pyrrole nitrogens is 1. The Morgan fingerprint density at radius 3 is 1.58 bits per heavy atom. The molecule has 0 amide bonds. The topological polar surface area (TPSA) is 124 Å². The molecule has 0 radical (unpaired) electrons. The minimum absolute atomic E-state index is 0.117. The van der Waals surface area contributed by atoms with Gasteiger partial charge in [0.15, 0.2) is 11.2 Å². The van der Waals surface area contributed by atoms with Crippen LogP contribution in [0.2, 0.25) is 0 Å². The van der Waals surface area contributed by atoms with Crippen molar-refractivity contribution in [1.29, 1.82) is 0 Å². The SMILES string of the molecule is COc1ccc(C(Nc2nc3c(ncn3CCC(CO)COC(c3ccccc3)(c3ccccc3)c3ccc(OC)cc3)c(=O)[nH]2)(c2ccccc2)c2ccccc2)cc1. The Morgan fingerprint density at radius 1 is 0.650 bits per heavy atom. The largest absolute Gasteiger partial charge is 0.497 e. The summed E-state index contributed by atoms with van der Waals surface area (Å²) < 4.78 is 20.0. The Hall–Kier alpha value is -7.01. The Labute approximate surface area is 349 Å². The smallest absolute Gasteiger partial charge is 0.280 e. The highest BCUT2D eigenvalue weighted by molar-refractivity contribution is 5.71. The summed E-state index contributed by atoms with van der Waals surface area (Å²) in [6, 6.07) is 56.2. The third-order valence-electron chi connectivity index (χ3n) is 11.1. The number of ether oxygens (including phenoxy) is 3. The zero-order valence-electron chi connectivity index (χ0n) is 33.6. The molecular formula is C50H47N5O5. The second kappa shape index (κ2) is 17.9. The van der Waals surface area contributed by atoms with Crippen LogP contribution in [0.15, 0.2) is 181 Å². The lowest BCUT2D eigenvalue weighted by Gasteiger charge is -2.37. The number of imidazole rings is 1. The molecule has 60 heavy (non-hydrogen) atoms. The molecule has 302 valence electrons. The first-order valence-corrected chi connectivity index (χ1v) is 20.0. The van der Waals surface area contributed by atoms with Gasteiger partial charge in [-0.1, -0.05) is 146 Å². The van der Waals surface area contributed by atoms with E-state index in [9.17, 15) is 9.90 Å². The Kier molecular flexibility index (Phi) is 11.8. The van der Waals surface area contributed by atoms with Crippen molar-refractivity contribution in [2.45, 2.75) is 24.1 Å². The van der Waals surface area contributed by atoms with Crippen molar-refractivity contribution >= 4 is 17.1 Å². The van der Waals surface area contributed by atoms with Gasteiger partial charge in [0.05, 0.1) is 27.2 Å². The maximum absolute atomic E-state index is 13.7. The van der Waals surface area contributed by atoms with E-state index in [-0.39, 0.29) is 36.2 Å². The van der Waals surface area contributed by atoms with E-state index in [4.69, 9.17) is 19.2 Å². The zero-order valence-corrected chi connectivity index (χ0v) is 33.6. The first kappa shape index (κ1) is 39.8. The van der Waals surface area contributed by atoms with Crippen LogP contribution in [0, 0.1) is 5.92 Å². The van der Waals surface area contributed by atoms with Gasteiger partial charge in [-0.25, -0.2) is 4.98 Å². The third-order valence-corrected chi connectivity index (χ3v) is 11.1. The molecule has 1 unspecified atom stereocenters. The second-order valence-electron chi connectivity index (χ2n) is 14.7. The molecule has 10 nitrogen and oxygen atoms in total. The van der Waals surface area contributed by atoms with Gasteiger partial charge in [-0.3, -0.25) is 9.78 Å². The summed E-state index contributed by atoms with van der Waals surface area (Å²) in [7, 11) is 3.29. The van der Waals surface area contributed by atoms with Crippen LogP contribution in [0.25, 0.3) is 11.2 Å². The van der Waals surface area contributed by atoms with Crippen LogP contribution >= 0.6 is 0 Å². The van der Waals surface area contributed by atoms with Gasteiger partial charge < -0.3 is 29.2 Å². The average molecular weight is 798 g/mol. The van der Waals surface area contributed by atoms with Crippen molar-refractivity contribution in [2.75, 3.05) is 32.8 Å². The number of fused-ring (bicyclic) bond motifs is 1. The van der Waals surface area contributed by atoms with Crippen molar-refractivity contribution in [2.24, 2.45) is 5.92 Å². The number of hydrogen-bond acceptors (Lipinski definition) is 8. The van der Waals surface area contributed by atoms with Crippen molar-refractivity contribution < 1.29 is 19.3 Å². The van der Waals surface area contributed by atoms with E-state index in [0.717, 1.165) is 44.9 Å². The van der Waals surface area contributed by atoms with E-state index < -0.39 is 11.1 Å². The Morgan fingerprint density at radius 2 is 1.10 bits per heavy atom. The lowest BCUT2D eigenvalue weighted by molar-refractivity contribution is -0.0208. The quantitative estimate of drug-likeness (QED) is 0.0784. The lowest BCUT2D eigenvalue weighted by Crippen LogP contribution is -2.39. The van der Waals surface area contributed by atoms with Gasteiger partial charge in [-0.2, -0.15) is 4.98 Å². The number of hydrogen-bond donors (Lipinski definition) is 3. The molecule has 0 aliphatic rings. The number of aromatic nitrogens is 4. The molecule has 8 aromatic rings. The predicted octanol–water partition coefficient (Wildman–Crippen LogP) is 8.55. The standard InChI is InChI=1S/C50H47N5O5/c1-58-43-27-23-39(24-28-43)49(37-15-7-3-8-16-37,38-17-9-4-10-18-38)54-48-52-46-45(47(57)53-48)51-35-55(46)32-31-36(33-56)34-60-50(40-19-11-5-12-20-40,41-21-13-6-14-22-41)42-25-29-44(59-2)30-26-42/h3-30,35-36,56H,31-34H2,1-2H3,(H2,52,53,54,57). The Bertz CT molecular complexity index is 2570. The fourth-order valence-electron chi connectivity index (χ4n) is 8.00. The molecule has 10 heteroatoms. The van der Waals surface area contributed by atoms with Crippen LogP contribution in [-0.2, 0) is 22.4 Å². The van der Waals surface area contributed by atoms with E-state index in [0.29, 0.717) is 18.6 Å². The molecule has 0 aliphatic carbocycles. The summed E-state index contributed by atoms with van der Waals surface area (Å²) in [5, 5.41) is 14.5. The number of nitrogens with zero attached hydrogens (tertiary/aromatic N) is 3. The lowest BCUT2D eigenvalue weighted by atomic mass is 9.77. The molecule has 8 rings (SSSR count). The fraction of sp³-hybridized carbons (Fsp3) is 0.180. The van der Waals surface area contributed by atoms with Crippen molar-refractivity contribution in [3.8, 4) is 11.5 Å². The first-order chi connectivity index (χ1) is 29.5. The zero-order chi connectivity index (χ0) is 41.4. The van der Waals surface area contributed by atoms with Gasteiger partial charge in [-0.15, -0.1) is 0 Å². The van der Waals surface area contributed by atoms with Gasteiger partial charge in [0, 0.05) is 19.1 Å². The minimum Gasteiger partial charge on any atom is -0.497 e. The molecule has 3 N–H and O–H groups in total. The maximum Gasteiger partial charge on any atom is 0.280 e. The number of benzene rings is 6. The number of anilines is 1. The maximum atomic E-state index is 13.7. The second-order valence-corrected chi connectivity index (χ2v) is 14.7. The molecule has 0 bridgehead atoms. The van der Waals surface area contributed by atoms with Crippen LogP contribution in [0.4, 0.5) is 5.95 Å². The monoisotopic (exact) mass is 797 g/mol. The number of aliphatic hydroxyl groups is 1. The summed E-state index contributed by atoms with van der Waals surface area (Å²) in [5.41, 5.74) is 3.98. The molecule has 0 saturated heterocycles. The molecule has 0 saturated carbocycles. The molecule has 6 aromatic carbocycles. The van der Waals surface area contributed by atoms with Crippen LogP contribution in [0.5, 0.6) is 11.5 Å². The summed E-state index contributed by atoms with van der Waals surface area (Å²) in [5.74, 6) is 1.47. The average Bonchev–Trinajstić information content (AvgIpc) is 3.74. The number of methoxy groups -OCH3 is 2. The van der Waals surface area contributed by atoms with Gasteiger partial charge in [0.2, 0.25) is 5.95 Å². The predicted molar refractivity (Wildman–Crippen MR) is 234 cm³/mol. The van der Waals surface area contributed by atoms with E-state index in [1.54, 1.807) is 20.5 Å². The molecule has 0 aliphatic heterocycles. The number of aromatic amines is 1. The highest BCUT2D eigenvalue weighted by Crippen LogP contribution is 2.42. The molecule has 0 spiro atoms. The van der Waals surface area contributed by atoms with Crippen molar-refractivity contribution in [3.63, 3.8) is 0 Å². The van der Waals surface area contributed by atoms with Gasteiger partial charge in [-0.05, 0) is 64.1 Å². The third kappa shape index (κ3) is 7.78. The molecule has 2 heterocycles. The fourth-order valence-corrected chi connectivity index (χ4v) is 8.00. The van der Waals surface area contributed by atoms with Gasteiger partial charge in [0.25, 0.3) is 5.56 Å². The normalized spacial score (nSPS) is 12.2. The highest BCUT2D eigenvalue weighted by Gasteiger charge is 2.39. The van der Waals surface area contributed by atoms with E-state index in [2.05, 4.69) is 63.8 Å². The Balaban J connectivity index is 1.12. The van der Waals surface area contributed by atoms with E-state index in [1.165, 1.54) is 0 Å². The van der Waals surface area contributed by atoms with Crippen molar-refractivity contribution in [3.05, 3.63) is 220 Å². The first-order valence-electron chi connectivity index (χ1n) is 20.0. The van der Waals surface area contributed by atoms with Crippen LogP contribution in [0.1, 0.15) is 39.8 Å². The number of nitrogens with one attached hydrogen (secondary N) is 2. The minimum atomic E-state index is -0.979. The summed E-state index contributed by atoms with van der Waals surface area (Å²) in [4.78, 5) is 26.2. The van der Waals surface area contributed by atoms with E-state index >= 15 is 0 Å². The van der Waals surface area contributed by atoms with Crippen LogP contribution in [-0.4, -0.2) is 52.1 Å². The number of aliphatic hydroxyl groups excluding tert-OH is 1. The summed E-state index contributed by atoms with van der Waals surface area (Å²) >= 11 is 0. The molecule has 2 aromatic heterocycles. The highest BCUT2D eigenvalue weighted by atomic mass is 16.5. The number of rotatable bonds is 17. The number of aryl methyl sites for hydroxylation is 1. The summed E-state index contributed by atoms with van der Waals surface area (Å²) in [6.45, 7) is 0.542. The molecule has 0 fully saturated rings.